The van der Waals surface area contributed by atoms with Crippen LogP contribution in [0.25, 0.3) is 0 Å². The SMILES string of the molecule is O=[N+]([O-])c1cnc(Cl)nc1Nc1cc(F)c(Br)cc1F. The molecule has 6 nitrogen and oxygen atoms in total. The van der Waals surface area contributed by atoms with Gasteiger partial charge in [-0.05, 0) is 33.6 Å². The fourth-order valence-electron chi connectivity index (χ4n) is 1.33. The molecule has 0 amide bonds. The van der Waals surface area contributed by atoms with E-state index in [1.807, 2.05) is 0 Å². The smallest absolute Gasteiger partial charge is 0.329 e. The molecule has 10 heteroatoms. The van der Waals surface area contributed by atoms with Gasteiger partial charge >= 0.3 is 5.69 Å². The summed E-state index contributed by atoms with van der Waals surface area (Å²) in [5.41, 5.74) is -0.833. The van der Waals surface area contributed by atoms with Crippen molar-refractivity contribution in [2.45, 2.75) is 0 Å². The van der Waals surface area contributed by atoms with Crippen LogP contribution < -0.4 is 5.32 Å². The van der Waals surface area contributed by atoms with Crippen molar-refractivity contribution < 1.29 is 13.7 Å². The quantitative estimate of drug-likeness (QED) is 0.387. The Morgan fingerprint density at radius 1 is 1.35 bits per heavy atom. The molecule has 0 radical (unpaired) electrons. The summed E-state index contributed by atoms with van der Waals surface area (Å²) in [4.78, 5) is 17.1. The Morgan fingerprint density at radius 3 is 2.70 bits per heavy atom. The normalized spacial score (nSPS) is 10.4. The van der Waals surface area contributed by atoms with Crippen molar-refractivity contribution in [3.8, 4) is 0 Å². The highest BCUT2D eigenvalue weighted by molar-refractivity contribution is 9.10. The third kappa shape index (κ3) is 2.99. The Bertz CT molecular complexity index is 701. The molecule has 0 bridgehead atoms. The van der Waals surface area contributed by atoms with Crippen molar-refractivity contribution >= 4 is 44.7 Å². The standard InChI is InChI=1S/C10H4BrClF2N4O2/c11-4-1-6(14)7(2-5(4)13)16-9-8(18(19)20)3-15-10(12)17-9/h1-3H,(H,15,16,17). The molecule has 104 valence electrons. The summed E-state index contributed by atoms with van der Waals surface area (Å²) in [7, 11) is 0. The zero-order chi connectivity index (χ0) is 14.9. The van der Waals surface area contributed by atoms with Crippen LogP contribution in [0.2, 0.25) is 5.28 Å². The summed E-state index contributed by atoms with van der Waals surface area (Å²) in [6, 6.07) is 1.71. The first-order chi connectivity index (χ1) is 9.38. The molecule has 0 aliphatic heterocycles. The average Bonchev–Trinajstić information content (AvgIpc) is 2.35. The molecule has 1 N–H and O–H groups in total. The van der Waals surface area contributed by atoms with Gasteiger partial charge in [0.15, 0.2) is 0 Å². The third-order valence-corrected chi connectivity index (χ3v) is 2.99. The summed E-state index contributed by atoms with van der Waals surface area (Å²) in [5.74, 6) is -1.89. The van der Waals surface area contributed by atoms with Gasteiger partial charge < -0.3 is 5.32 Å². The first-order valence-electron chi connectivity index (χ1n) is 4.97. The minimum atomic E-state index is -0.817. The van der Waals surface area contributed by atoms with Crippen molar-refractivity contribution in [2.24, 2.45) is 0 Å². The Hall–Kier alpha value is -1.87. The second-order valence-electron chi connectivity index (χ2n) is 3.50. The molecular weight excluding hydrogens is 361 g/mol. The van der Waals surface area contributed by atoms with Crippen LogP contribution in [-0.2, 0) is 0 Å². The molecular formula is C10H4BrClF2N4O2. The van der Waals surface area contributed by atoms with Crippen molar-refractivity contribution in [1.82, 2.24) is 9.97 Å². The highest BCUT2D eigenvalue weighted by Crippen LogP contribution is 2.29. The molecule has 0 saturated carbocycles. The predicted octanol–water partition coefficient (Wildman–Crippen LogP) is 3.82. The monoisotopic (exact) mass is 364 g/mol. The molecule has 0 unspecified atom stereocenters. The van der Waals surface area contributed by atoms with E-state index < -0.39 is 22.2 Å². The molecule has 0 aliphatic carbocycles. The highest BCUT2D eigenvalue weighted by atomic mass is 79.9. The molecule has 0 saturated heterocycles. The molecule has 0 fully saturated rings. The minimum absolute atomic E-state index is 0.0734. The van der Waals surface area contributed by atoms with E-state index in [-0.39, 0.29) is 21.3 Å². The fraction of sp³-hybridized carbons (Fsp3) is 0. The largest absolute Gasteiger partial charge is 0.332 e. The molecule has 2 rings (SSSR count). The number of hydrogen-bond donors (Lipinski definition) is 1. The van der Waals surface area contributed by atoms with E-state index >= 15 is 0 Å². The lowest BCUT2D eigenvalue weighted by molar-refractivity contribution is -0.384. The van der Waals surface area contributed by atoms with Crippen LogP contribution in [0.15, 0.2) is 22.8 Å². The lowest BCUT2D eigenvalue weighted by atomic mass is 10.3. The Labute approximate surface area is 124 Å². The number of halogens is 4. The first-order valence-corrected chi connectivity index (χ1v) is 6.14. The lowest BCUT2D eigenvalue weighted by Gasteiger charge is -2.08. The van der Waals surface area contributed by atoms with Crippen LogP contribution in [-0.4, -0.2) is 14.9 Å². The first kappa shape index (κ1) is 14.5. The molecule has 1 heterocycles. The van der Waals surface area contributed by atoms with Gasteiger partial charge in [-0.15, -0.1) is 0 Å². The van der Waals surface area contributed by atoms with Crippen molar-refractivity contribution in [3.63, 3.8) is 0 Å². The van der Waals surface area contributed by atoms with Crippen LogP contribution in [0, 0.1) is 21.7 Å². The minimum Gasteiger partial charge on any atom is -0.332 e. The van der Waals surface area contributed by atoms with E-state index in [0.717, 1.165) is 18.3 Å². The number of nitrogens with zero attached hydrogens (tertiary/aromatic N) is 3. The summed E-state index contributed by atoms with van der Waals surface area (Å²) in [6.07, 6.45) is 0.866. The highest BCUT2D eigenvalue weighted by Gasteiger charge is 2.19. The van der Waals surface area contributed by atoms with Crippen molar-refractivity contribution in [2.75, 3.05) is 5.32 Å². The fourth-order valence-corrected chi connectivity index (χ4v) is 1.77. The second-order valence-corrected chi connectivity index (χ2v) is 4.69. The van der Waals surface area contributed by atoms with E-state index in [9.17, 15) is 18.9 Å². The Morgan fingerprint density at radius 2 is 2.05 bits per heavy atom. The van der Waals surface area contributed by atoms with Crippen LogP contribution in [0.3, 0.4) is 0 Å². The lowest BCUT2D eigenvalue weighted by Crippen LogP contribution is -2.03. The number of hydrogen-bond acceptors (Lipinski definition) is 5. The molecule has 2 aromatic rings. The van der Waals surface area contributed by atoms with Gasteiger partial charge in [-0.1, -0.05) is 0 Å². The Kier molecular flexibility index (Phi) is 4.09. The summed E-state index contributed by atoms with van der Waals surface area (Å²) >= 11 is 8.34. The van der Waals surface area contributed by atoms with Gasteiger partial charge in [-0.25, -0.2) is 13.8 Å². The number of rotatable bonds is 3. The maximum Gasteiger partial charge on any atom is 0.329 e. The average molecular weight is 366 g/mol. The number of benzene rings is 1. The second kappa shape index (κ2) is 5.63. The van der Waals surface area contributed by atoms with Gasteiger partial charge in [0, 0.05) is 6.07 Å². The van der Waals surface area contributed by atoms with E-state index in [2.05, 4.69) is 31.2 Å². The topological polar surface area (TPSA) is 81.0 Å². The molecule has 0 aliphatic rings. The summed E-state index contributed by atoms with van der Waals surface area (Å²) < 4.78 is 26.9. The molecule has 20 heavy (non-hydrogen) atoms. The van der Waals surface area contributed by atoms with Gasteiger partial charge in [0.05, 0.1) is 15.1 Å². The van der Waals surface area contributed by atoms with Gasteiger partial charge in [-0.2, -0.15) is 4.98 Å². The molecule has 1 aromatic carbocycles. The van der Waals surface area contributed by atoms with Crippen LogP contribution in [0.5, 0.6) is 0 Å². The maximum absolute atomic E-state index is 13.6. The summed E-state index contributed by atoms with van der Waals surface area (Å²) in [6.45, 7) is 0. The zero-order valence-electron chi connectivity index (χ0n) is 9.40. The Balaban J connectivity index is 2.47. The van der Waals surface area contributed by atoms with Crippen molar-refractivity contribution in [1.29, 1.82) is 0 Å². The van der Waals surface area contributed by atoms with E-state index in [4.69, 9.17) is 11.6 Å². The van der Waals surface area contributed by atoms with Gasteiger partial charge in [0.1, 0.15) is 17.8 Å². The number of anilines is 2. The molecule has 0 atom stereocenters. The third-order valence-electron chi connectivity index (χ3n) is 2.20. The van der Waals surface area contributed by atoms with Gasteiger partial charge in [0.2, 0.25) is 11.1 Å². The van der Waals surface area contributed by atoms with Gasteiger partial charge in [0.25, 0.3) is 0 Å². The van der Waals surface area contributed by atoms with E-state index in [1.165, 1.54) is 0 Å². The predicted molar refractivity (Wildman–Crippen MR) is 71.0 cm³/mol. The number of nitro groups is 1. The van der Waals surface area contributed by atoms with E-state index in [1.54, 1.807) is 0 Å². The summed E-state index contributed by atoms with van der Waals surface area (Å²) in [5, 5.41) is 12.8. The zero-order valence-corrected chi connectivity index (χ0v) is 11.7. The molecule has 1 aromatic heterocycles. The number of aromatic nitrogens is 2. The van der Waals surface area contributed by atoms with Crippen molar-refractivity contribution in [3.05, 3.63) is 49.8 Å². The van der Waals surface area contributed by atoms with Crippen LogP contribution in [0.4, 0.5) is 26.0 Å². The number of nitrogens with one attached hydrogen (secondary N) is 1. The van der Waals surface area contributed by atoms with Crippen LogP contribution in [0.1, 0.15) is 0 Å². The van der Waals surface area contributed by atoms with Gasteiger partial charge in [-0.3, -0.25) is 10.1 Å². The van der Waals surface area contributed by atoms with Crippen LogP contribution >= 0.6 is 27.5 Å². The molecule has 0 spiro atoms. The maximum atomic E-state index is 13.6. The van der Waals surface area contributed by atoms with E-state index in [0.29, 0.717) is 0 Å².